The maximum atomic E-state index is 15.2. The van der Waals surface area contributed by atoms with Gasteiger partial charge in [0.1, 0.15) is 11.6 Å². The van der Waals surface area contributed by atoms with E-state index in [1.54, 1.807) is 7.11 Å². The fraction of sp³-hybridized carbons (Fsp3) is 0.500. The topological polar surface area (TPSA) is 41.5 Å². The number of para-hydroxylation sites is 1. The first-order valence-corrected chi connectivity index (χ1v) is 12.7. The molecule has 1 aromatic heterocycles. The highest BCUT2D eigenvalue weighted by Crippen LogP contribution is 2.49. The number of nitrogens with zero attached hydrogens (tertiary/aromatic N) is 4. The molecule has 3 aliphatic rings. The molecule has 3 heterocycles. The number of fused-ring (bicyclic) bond motifs is 1. The molecule has 6 rings (SSSR count). The molecule has 5 nitrogen and oxygen atoms in total. The molecule has 0 bridgehead atoms. The summed E-state index contributed by atoms with van der Waals surface area (Å²) in [6, 6.07) is 12.8. The zero-order valence-corrected chi connectivity index (χ0v) is 20.2. The lowest BCUT2D eigenvalue weighted by Gasteiger charge is -2.34. The minimum Gasteiger partial charge on any atom is -0.496 e. The van der Waals surface area contributed by atoms with Crippen LogP contribution >= 0.6 is 0 Å². The van der Waals surface area contributed by atoms with Gasteiger partial charge in [0.2, 0.25) is 0 Å². The predicted molar refractivity (Wildman–Crippen MR) is 135 cm³/mol. The van der Waals surface area contributed by atoms with Crippen molar-refractivity contribution in [2.24, 2.45) is 0 Å². The van der Waals surface area contributed by atoms with Crippen LogP contribution in [0.25, 0.3) is 10.9 Å². The van der Waals surface area contributed by atoms with Crippen LogP contribution in [0.2, 0.25) is 0 Å². The molecule has 34 heavy (non-hydrogen) atoms. The van der Waals surface area contributed by atoms with Crippen molar-refractivity contribution in [3.63, 3.8) is 0 Å². The number of anilines is 2. The highest BCUT2D eigenvalue weighted by molar-refractivity contribution is 5.94. The summed E-state index contributed by atoms with van der Waals surface area (Å²) in [7, 11) is 1.74. The first-order valence-electron chi connectivity index (χ1n) is 12.7. The smallest absolute Gasteiger partial charge is 0.170 e. The number of rotatable bonds is 5. The Hall–Kier alpha value is -2.89. The molecular weight excluding hydrogens is 427 g/mol. The van der Waals surface area contributed by atoms with E-state index in [2.05, 4.69) is 41.0 Å². The normalized spacial score (nSPS) is 20.2. The van der Waals surface area contributed by atoms with Gasteiger partial charge in [-0.05, 0) is 80.7 Å². The number of halogens is 1. The number of alkyl halides is 1. The molecule has 3 fully saturated rings. The van der Waals surface area contributed by atoms with Crippen LogP contribution in [-0.4, -0.2) is 43.3 Å². The van der Waals surface area contributed by atoms with Crippen molar-refractivity contribution in [1.29, 1.82) is 0 Å². The van der Waals surface area contributed by atoms with Crippen LogP contribution in [0.5, 0.6) is 5.75 Å². The second kappa shape index (κ2) is 8.40. The van der Waals surface area contributed by atoms with Gasteiger partial charge in [-0.25, -0.2) is 14.4 Å². The van der Waals surface area contributed by atoms with E-state index in [1.807, 2.05) is 12.1 Å². The minimum atomic E-state index is -1.35. The summed E-state index contributed by atoms with van der Waals surface area (Å²) in [5.74, 6) is 2.71. The van der Waals surface area contributed by atoms with Crippen molar-refractivity contribution in [3.05, 3.63) is 53.3 Å². The first-order chi connectivity index (χ1) is 16.6. The Kier molecular flexibility index (Phi) is 5.34. The van der Waals surface area contributed by atoms with E-state index in [-0.39, 0.29) is 0 Å². The Labute approximate surface area is 200 Å². The monoisotopic (exact) mass is 460 g/mol. The molecule has 2 saturated heterocycles. The Bertz CT molecular complexity index is 1210. The molecule has 0 spiro atoms. The van der Waals surface area contributed by atoms with Gasteiger partial charge >= 0.3 is 0 Å². The average Bonchev–Trinajstić information content (AvgIpc) is 3.39. The van der Waals surface area contributed by atoms with E-state index in [0.29, 0.717) is 24.6 Å². The zero-order chi connectivity index (χ0) is 23.3. The fourth-order valence-electron chi connectivity index (χ4n) is 5.71. The predicted octanol–water partition coefficient (Wildman–Crippen LogP) is 5.89. The van der Waals surface area contributed by atoms with E-state index in [9.17, 15) is 0 Å². The van der Waals surface area contributed by atoms with E-state index >= 15 is 4.39 Å². The lowest BCUT2D eigenvalue weighted by Crippen LogP contribution is -2.34. The Morgan fingerprint density at radius 2 is 1.71 bits per heavy atom. The Morgan fingerprint density at radius 1 is 0.971 bits per heavy atom. The third-order valence-corrected chi connectivity index (χ3v) is 7.89. The van der Waals surface area contributed by atoms with E-state index < -0.39 is 5.67 Å². The van der Waals surface area contributed by atoms with Crippen molar-refractivity contribution in [3.8, 4) is 5.75 Å². The zero-order valence-electron chi connectivity index (χ0n) is 20.2. The van der Waals surface area contributed by atoms with Gasteiger partial charge in [-0.2, -0.15) is 0 Å². The van der Waals surface area contributed by atoms with Crippen molar-refractivity contribution in [2.75, 3.05) is 43.1 Å². The molecule has 1 saturated carbocycles. The third kappa shape index (κ3) is 3.77. The molecule has 2 aromatic carbocycles. The number of piperidine rings is 1. The lowest BCUT2D eigenvalue weighted by atomic mass is 9.88. The van der Waals surface area contributed by atoms with Crippen LogP contribution in [0.15, 0.2) is 36.4 Å². The van der Waals surface area contributed by atoms with Crippen LogP contribution in [0.4, 0.5) is 15.9 Å². The molecule has 3 aromatic rings. The molecule has 0 amide bonds. The Morgan fingerprint density at radius 3 is 2.41 bits per heavy atom. The number of methoxy groups -OCH3 is 1. The summed E-state index contributed by atoms with van der Waals surface area (Å²) in [4.78, 5) is 14.5. The van der Waals surface area contributed by atoms with Gasteiger partial charge in [0, 0.05) is 37.3 Å². The average molecular weight is 461 g/mol. The summed E-state index contributed by atoms with van der Waals surface area (Å²) >= 11 is 0. The quantitative estimate of drug-likeness (QED) is 0.475. The summed E-state index contributed by atoms with van der Waals surface area (Å²) in [6.07, 6.45) is 5.57. The number of benzene rings is 2. The maximum absolute atomic E-state index is 15.2. The highest BCUT2D eigenvalue weighted by Gasteiger charge is 2.48. The van der Waals surface area contributed by atoms with Crippen molar-refractivity contribution in [2.45, 2.75) is 57.0 Å². The van der Waals surface area contributed by atoms with Gasteiger partial charge in [0.25, 0.3) is 0 Å². The SMILES string of the molecule is COc1ccccc1C1CCN(c2nc(C3(F)CC3)nc3c(C)cc(N4CCCC4)cc23)CC1. The van der Waals surface area contributed by atoms with E-state index in [1.165, 1.54) is 24.1 Å². The van der Waals surface area contributed by atoms with Gasteiger partial charge in [0.05, 0.1) is 12.6 Å². The van der Waals surface area contributed by atoms with Gasteiger partial charge < -0.3 is 14.5 Å². The van der Waals surface area contributed by atoms with Crippen LogP contribution in [-0.2, 0) is 5.67 Å². The molecule has 2 aliphatic heterocycles. The molecule has 178 valence electrons. The number of aromatic nitrogens is 2. The molecule has 6 heteroatoms. The number of ether oxygens (including phenoxy) is 1. The lowest BCUT2D eigenvalue weighted by molar-refractivity contribution is 0.301. The van der Waals surface area contributed by atoms with Crippen molar-refractivity contribution in [1.82, 2.24) is 9.97 Å². The third-order valence-electron chi connectivity index (χ3n) is 7.89. The van der Waals surface area contributed by atoms with Gasteiger partial charge in [-0.1, -0.05) is 18.2 Å². The molecule has 0 atom stereocenters. The molecule has 0 N–H and O–H groups in total. The first kappa shape index (κ1) is 21.6. The van der Waals surface area contributed by atoms with Crippen molar-refractivity contribution < 1.29 is 9.13 Å². The van der Waals surface area contributed by atoms with Crippen LogP contribution in [0, 0.1) is 6.92 Å². The highest BCUT2D eigenvalue weighted by atomic mass is 19.1. The van der Waals surface area contributed by atoms with E-state index in [0.717, 1.165) is 67.1 Å². The van der Waals surface area contributed by atoms with Crippen molar-refractivity contribution >= 4 is 22.4 Å². The largest absolute Gasteiger partial charge is 0.496 e. The molecule has 1 aliphatic carbocycles. The Balaban J connectivity index is 1.37. The van der Waals surface area contributed by atoms with Gasteiger partial charge in [-0.3, -0.25) is 0 Å². The summed E-state index contributed by atoms with van der Waals surface area (Å²) in [5.41, 5.74) is 3.19. The molecular formula is C28H33FN4O. The summed E-state index contributed by atoms with van der Waals surface area (Å²) in [6.45, 7) is 6.07. The molecule has 0 radical (unpaired) electrons. The van der Waals surface area contributed by atoms with Crippen LogP contribution in [0.3, 0.4) is 0 Å². The standard InChI is InChI=1S/C28H33FN4O/c1-19-17-21(32-13-5-6-14-32)18-23-25(19)30-27(28(29)11-12-28)31-26(23)33-15-9-20(10-16-33)22-7-3-4-8-24(22)34-2/h3-4,7-8,17-18,20H,5-6,9-16H2,1-2H3. The minimum absolute atomic E-state index is 0.374. The second-order valence-electron chi connectivity index (χ2n) is 10.2. The number of aryl methyl sites for hydroxylation is 1. The van der Waals surface area contributed by atoms with Crippen LogP contribution in [0.1, 0.15) is 61.4 Å². The van der Waals surface area contributed by atoms with E-state index in [4.69, 9.17) is 14.7 Å². The summed E-state index contributed by atoms with van der Waals surface area (Å²) < 4.78 is 20.8. The maximum Gasteiger partial charge on any atom is 0.170 e. The fourth-order valence-corrected chi connectivity index (χ4v) is 5.71. The molecule has 0 unspecified atom stereocenters. The second-order valence-corrected chi connectivity index (χ2v) is 10.2. The number of hydrogen-bond donors (Lipinski definition) is 0. The summed E-state index contributed by atoms with van der Waals surface area (Å²) in [5, 5.41) is 1.06. The van der Waals surface area contributed by atoms with Gasteiger partial charge in [-0.15, -0.1) is 0 Å². The number of hydrogen-bond acceptors (Lipinski definition) is 5. The van der Waals surface area contributed by atoms with Crippen LogP contribution < -0.4 is 14.5 Å². The van der Waals surface area contributed by atoms with Gasteiger partial charge in [0.15, 0.2) is 11.5 Å².